The van der Waals surface area contributed by atoms with Crippen molar-refractivity contribution in [3.05, 3.63) is 258 Å². The summed E-state index contributed by atoms with van der Waals surface area (Å²) in [6.07, 6.45) is 1.13. The van der Waals surface area contributed by atoms with Crippen molar-refractivity contribution in [3.8, 4) is 56.0 Å². The zero-order chi connectivity index (χ0) is 55.3. The van der Waals surface area contributed by atoms with Crippen molar-refractivity contribution in [2.75, 3.05) is 0 Å². The number of aromatic nitrogens is 3. The summed E-state index contributed by atoms with van der Waals surface area (Å²) in [7, 11) is 0. The van der Waals surface area contributed by atoms with Crippen LogP contribution in [0.4, 0.5) is 0 Å². The highest BCUT2D eigenvalue weighted by molar-refractivity contribution is 6.10. The summed E-state index contributed by atoms with van der Waals surface area (Å²) in [5.41, 5.74) is 13.3. The van der Waals surface area contributed by atoms with Gasteiger partial charge in [-0.2, -0.15) is 0 Å². The molecule has 0 saturated heterocycles. The van der Waals surface area contributed by atoms with Crippen LogP contribution in [0, 0.1) is 6.85 Å². The molecule has 0 spiro atoms. The lowest BCUT2D eigenvalue weighted by atomic mass is 9.76. The average molecular weight is 941 g/mol. The van der Waals surface area contributed by atoms with Crippen LogP contribution in [-0.2, 0) is 36.4 Å². The number of furan rings is 1. The second-order valence-corrected chi connectivity index (χ2v) is 20.0. The summed E-state index contributed by atoms with van der Waals surface area (Å²) in [4.78, 5) is 13.7. The Morgan fingerprint density at radius 2 is 0.986 bits per heavy atom. The zero-order valence-corrected chi connectivity index (χ0v) is 40.9. The third kappa shape index (κ3) is 9.78. The van der Waals surface area contributed by atoms with Crippen molar-refractivity contribution >= 4 is 21.9 Å². The minimum atomic E-state index is -2.50. The number of fused-ring (bicyclic) bond motifs is 3. The molecule has 11 aromatic rings. The van der Waals surface area contributed by atoms with Gasteiger partial charge in [-0.1, -0.05) is 185 Å². The Morgan fingerprint density at radius 3 is 1.58 bits per heavy atom. The number of hydrogen-bond acceptors (Lipinski definition) is 4. The lowest BCUT2D eigenvalue weighted by Gasteiger charge is -2.28. The van der Waals surface area contributed by atoms with E-state index >= 15 is 0 Å². The fourth-order valence-electron chi connectivity index (χ4n) is 10.0. The Balaban J connectivity index is 0.918. The number of para-hydroxylation sites is 1. The molecule has 0 bridgehead atoms. The van der Waals surface area contributed by atoms with Gasteiger partial charge in [-0.3, -0.25) is 15.0 Å². The predicted octanol–water partition coefficient (Wildman–Crippen LogP) is 17.2. The summed E-state index contributed by atoms with van der Waals surface area (Å²) in [5.74, 6) is 0. The maximum atomic E-state index is 9.78. The van der Waals surface area contributed by atoms with E-state index in [4.69, 9.17) is 8.53 Å². The first kappa shape index (κ1) is 38.5. The van der Waals surface area contributed by atoms with Gasteiger partial charge in [0.25, 0.3) is 0 Å². The molecule has 0 N–H and O–H groups in total. The van der Waals surface area contributed by atoms with Crippen molar-refractivity contribution in [3.63, 3.8) is 0 Å². The molecule has 72 heavy (non-hydrogen) atoms. The van der Waals surface area contributed by atoms with Crippen molar-refractivity contribution in [2.24, 2.45) is 0 Å². The topological polar surface area (TPSA) is 51.8 Å². The molecule has 4 aromatic heterocycles. The molecular weight excluding hydrogens is 875 g/mol. The van der Waals surface area contributed by atoms with Gasteiger partial charge < -0.3 is 4.42 Å². The molecule has 11 rings (SSSR count). The van der Waals surface area contributed by atoms with E-state index in [-0.39, 0.29) is 27.5 Å². The van der Waals surface area contributed by atoms with Gasteiger partial charge in [0.05, 0.1) is 17.1 Å². The van der Waals surface area contributed by atoms with E-state index in [2.05, 4.69) is 97.2 Å². The van der Waals surface area contributed by atoms with Gasteiger partial charge in [0, 0.05) is 61.2 Å². The van der Waals surface area contributed by atoms with Gasteiger partial charge in [0.1, 0.15) is 11.2 Å². The molecule has 0 aliphatic carbocycles. The first-order valence-corrected chi connectivity index (χ1v) is 24.6. The molecule has 0 radical (unpaired) electrons. The van der Waals surface area contributed by atoms with Crippen LogP contribution >= 0.6 is 0 Å². The maximum absolute atomic E-state index is 9.78. The first-order valence-electron chi connectivity index (χ1n) is 28.1. The number of aryl methyl sites for hydroxylation is 3. The lowest BCUT2D eigenvalue weighted by molar-refractivity contribution is 0.514. The minimum absolute atomic E-state index is 0.0972. The molecule has 4 heteroatoms. The third-order valence-corrected chi connectivity index (χ3v) is 13.9. The first-order chi connectivity index (χ1) is 37.7. The molecular formula is C68H59N3O. The summed E-state index contributed by atoms with van der Waals surface area (Å²) >= 11 is 0. The van der Waals surface area contributed by atoms with Gasteiger partial charge in [-0.15, -0.1) is 0 Å². The van der Waals surface area contributed by atoms with Gasteiger partial charge in [-0.05, 0) is 141 Å². The minimum Gasteiger partial charge on any atom is -0.455 e. The van der Waals surface area contributed by atoms with Crippen molar-refractivity contribution < 1.29 is 14.0 Å². The lowest BCUT2D eigenvalue weighted by Crippen LogP contribution is -2.22. The zero-order valence-electron chi connectivity index (χ0n) is 47.9. The van der Waals surface area contributed by atoms with Crippen LogP contribution in [0.5, 0.6) is 0 Å². The van der Waals surface area contributed by atoms with Gasteiger partial charge in [0.15, 0.2) is 0 Å². The molecule has 0 unspecified atom stereocenters. The van der Waals surface area contributed by atoms with Crippen LogP contribution in [0.1, 0.15) is 76.2 Å². The van der Waals surface area contributed by atoms with Crippen LogP contribution in [0.3, 0.4) is 0 Å². The smallest absolute Gasteiger partial charge is 0.143 e. The predicted molar refractivity (Wildman–Crippen MR) is 299 cm³/mol. The van der Waals surface area contributed by atoms with Crippen LogP contribution in [-0.4, -0.2) is 15.0 Å². The Kier molecular flexibility index (Phi) is 10.5. The van der Waals surface area contributed by atoms with E-state index in [1.54, 1.807) is 42.7 Å². The SMILES string of the molecule is [2H]C([2H])([2H])c1cnc(-c2ccc(C([2H])([2H])C([2H])([2H])c3cc(CC(C)(C)c4ccc(-c5ccccn5)cc4)cc(CC(C)(C)c4ccc(-c5ccccn5)cc4)c3)cc2)cc1-c1ccc2oc3c(-c4ccccc4)cccc3c2c1. The van der Waals surface area contributed by atoms with Crippen LogP contribution < -0.4 is 0 Å². The van der Waals surface area contributed by atoms with Gasteiger partial charge in [-0.25, -0.2) is 0 Å². The normalized spacial score (nSPS) is 13.9. The van der Waals surface area contributed by atoms with Gasteiger partial charge >= 0.3 is 0 Å². The third-order valence-electron chi connectivity index (χ3n) is 13.9. The van der Waals surface area contributed by atoms with Crippen molar-refractivity contribution in [1.29, 1.82) is 0 Å². The fourth-order valence-corrected chi connectivity index (χ4v) is 10.0. The number of nitrogens with zero attached hydrogens (tertiary/aromatic N) is 3. The molecule has 0 aliphatic heterocycles. The fraction of sp³-hybridized carbons (Fsp3) is 0.162. The summed E-state index contributed by atoms with van der Waals surface area (Å²) < 4.78 is 70.8. The number of hydrogen-bond donors (Lipinski definition) is 0. The van der Waals surface area contributed by atoms with E-state index < -0.39 is 19.6 Å². The highest BCUT2D eigenvalue weighted by atomic mass is 16.3. The molecule has 352 valence electrons. The van der Waals surface area contributed by atoms with E-state index in [1.165, 1.54) is 6.20 Å². The maximum Gasteiger partial charge on any atom is 0.143 e. The highest BCUT2D eigenvalue weighted by Gasteiger charge is 2.25. The Bertz CT molecular complexity index is 3850. The van der Waals surface area contributed by atoms with Gasteiger partial charge in [0.2, 0.25) is 0 Å². The largest absolute Gasteiger partial charge is 0.455 e. The van der Waals surface area contributed by atoms with E-state index in [9.17, 15) is 5.48 Å². The molecule has 7 aromatic carbocycles. The summed E-state index contributed by atoms with van der Waals surface area (Å²) in [6.45, 7) is 6.28. The number of pyridine rings is 3. The Labute approximate surface area is 434 Å². The number of rotatable bonds is 14. The Hall–Kier alpha value is -8.21. The second kappa shape index (κ2) is 19.5. The molecule has 0 amide bonds. The molecule has 0 atom stereocenters. The molecule has 0 aliphatic rings. The van der Waals surface area contributed by atoms with Crippen LogP contribution in [0.15, 0.2) is 223 Å². The van der Waals surface area contributed by atoms with Crippen LogP contribution in [0.2, 0.25) is 0 Å². The quantitative estimate of drug-likeness (QED) is 0.109. The molecule has 4 heterocycles. The second-order valence-electron chi connectivity index (χ2n) is 20.0. The summed E-state index contributed by atoms with van der Waals surface area (Å²) in [5, 5.41) is 1.76. The molecule has 4 nitrogen and oxygen atoms in total. The highest BCUT2D eigenvalue weighted by Crippen LogP contribution is 2.39. The van der Waals surface area contributed by atoms with Crippen molar-refractivity contribution in [1.82, 2.24) is 15.0 Å². The van der Waals surface area contributed by atoms with Crippen LogP contribution in [0.25, 0.3) is 78.0 Å². The van der Waals surface area contributed by atoms with E-state index in [0.717, 1.165) is 72.3 Å². The average Bonchev–Trinajstić information content (AvgIpc) is 4.02. The number of benzene rings is 7. The molecule has 0 fully saturated rings. The Morgan fingerprint density at radius 1 is 0.431 bits per heavy atom. The van der Waals surface area contributed by atoms with E-state index in [0.29, 0.717) is 40.8 Å². The molecule has 0 saturated carbocycles. The standard InChI is InChI=1S/C68H59N3O/c1-46-45-71-64(42-60(46)55-30-35-65-61(41-55)59-17-13-16-58(66(59)72-65)51-14-7-6-8-15-51)54-24-22-47(23-25-54)20-21-48-38-49(43-67(2,3)56-31-26-52(27-32-56)62-18-9-11-36-69-62)40-50(39-48)44-68(4,5)57-33-28-53(29-34-57)63-19-10-12-37-70-63/h6-19,22-42,45H,20-21,43-44H2,1-5H3/i1D3,20D2,21D2. The van der Waals surface area contributed by atoms with E-state index in [1.807, 2.05) is 115 Å². The summed E-state index contributed by atoms with van der Waals surface area (Å²) in [6, 6.07) is 64.7. The van der Waals surface area contributed by atoms with Crippen molar-refractivity contribution in [2.45, 2.75) is 71.0 Å². The monoisotopic (exact) mass is 941 g/mol.